The van der Waals surface area contributed by atoms with E-state index in [4.69, 9.17) is 14.7 Å². The Labute approximate surface area is 113 Å². The first kappa shape index (κ1) is 13.9. The van der Waals surface area contributed by atoms with Crippen molar-refractivity contribution in [1.29, 1.82) is 5.26 Å². The standard InChI is InChI=1S/C15H19NO3/c16-7-4-15(17)13-2-1-3-14(10-13)19-11-12-5-8-18-9-6-12/h1-3,10,12,15,17H,4-6,8-9,11H2/t15-/m1/s1. The summed E-state index contributed by atoms with van der Waals surface area (Å²) in [5.41, 5.74) is 0.728. The smallest absolute Gasteiger partial charge is 0.119 e. The van der Waals surface area contributed by atoms with Gasteiger partial charge in [-0.05, 0) is 36.5 Å². The number of benzene rings is 1. The molecule has 1 heterocycles. The van der Waals surface area contributed by atoms with Crippen molar-refractivity contribution < 1.29 is 14.6 Å². The molecule has 0 spiro atoms. The second-order valence-corrected chi connectivity index (χ2v) is 4.82. The average molecular weight is 261 g/mol. The van der Waals surface area contributed by atoms with Crippen molar-refractivity contribution in [2.45, 2.75) is 25.4 Å². The molecule has 4 heteroatoms. The minimum atomic E-state index is -0.739. The predicted molar refractivity (Wildman–Crippen MR) is 70.7 cm³/mol. The van der Waals surface area contributed by atoms with Gasteiger partial charge >= 0.3 is 0 Å². The van der Waals surface area contributed by atoms with Gasteiger partial charge in [0.05, 0.1) is 25.2 Å². The minimum absolute atomic E-state index is 0.101. The van der Waals surface area contributed by atoms with Gasteiger partial charge in [-0.1, -0.05) is 12.1 Å². The lowest BCUT2D eigenvalue weighted by atomic mass is 10.0. The fourth-order valence-corrected chi connectivity index (χ4v) is 2.14. The summed E-state index contributed by atoms with van der Waals surface area (Å²) in [6, 6.07) is 9.30. The highest BCUT2D eigenvalue weighted by molar-refractivity contribution is 5.30. The number of hydrogen-bond acceptors (Lipinski definition) is 4. The van der Waals surface area contributed by atoms with E-state index >= 15 is 0 Å². The Morgan fingerprint density at radius 1 is 1.42 bits per heavy atom. The van der Waals surface area contributed by atoms with E-state index < -0.39 is 6.10 Å². The van der Waals surface area contributed by atoms with Crippen LogP contribution in [0.2, 0.25) is 0 Å². The third kappa shape index (κ3) is 4.23. The molecule has 1 aromatic carbocycles. The number of aliphatic hydroxyl groups is 1. The molecule has 0 unspecified atom stereocenters. The van der Waals surface area contributed by atoms with Gasteiger partial charge < -0.3 is 14.6 Å². The highest BCUT2D eigenvalue weighted by atomic mass is 16.5. The molecule has 0 saturated carbocycles. The van der Waals surface area contributed by atoms with Crippen molar-refractivity contribution in [3.05, 3.63) is 29.8 Å². The van der Waals surface area contributed by atoms with Crippen molar-refractivity contribution in [3.8, 4) is 11.8 Å². The topological polar surface area (TPSA) is 62.5 Å². The van der Waals surface area contributed by atoms with Gasteiger partial charge in [0.2, 0.25) is 0 Å². The number of nitrogens with zero attached hydrogens (tertiary/aromatic N) is 1. The van der Waals surface area contributed by atoms with Crippen molar-refractivity contribution in [3.63, 3.8) is 0 Å². The maximum atomic E-state index is 9.77. The Morgan fingerprint density at radius 2 is 2.21 bits per heavy atom. The summed E-state index contributed by atoms with van der Waals surface area (Å²) in [6.45, 7) is 2.31. The monoisotopic (exact) mass is 261 g/mol. The van der Waals surface area contributed by atoms with Crippen molar-refractivity contribution in [1.82, 2.24) is 0 Å². The summed E-state index contributed by atoms with van der Waals surface area (Å²) < 4.78 is 11.1. The predicted octanol–water partition coefficient (Wildman–Crippen LogP) is 2.44. The highest BCUT2D eigenvalue weighted by Crippen LogP contribution is 2.23. The van der Waals surface area contributed by atoms with E-state index in [1.54, 1.807) is 6.07 Å². The first-order valence-electron chi connectivity index (χ1n) is 6.65. The second-order valence-electron chi connectivity index (χ2n) is 4.82. The number of aliphatic hydroxyl groups excluding tert-OH is 1. The third-order valence-electron chi connectivity index (χ3n) is 3.35. The van der Waals surface area contributed by atoms with Crippen LogP contribution in [0.15, 0.2) is 24.3 Å². The second kappa shape index (κ2) is 7.13. The molecule has 0 bridgehead atoms. The zero-order valence-corrected chi connectivity index (χ0v) is 10.9. The van der Waals surface area contributed by atoms with Crippen LogP contribution in [-0.4, -0.2) is 24.9 Å². The average Bonchev–Trinajstić information content (AvgIpc) is 2.47. The molecule has 102 valence electrons. The summed E-state index contributed by atoms with van der Waals surface area (Å²) in [7, 11) is 0. The lowest BCUT2D eigenvalue weighted by Crippen LogP contribution is -2.21. The van der Waals surface area contributed by atoms with E-state index in [9.17, 15) is 5.11 Å². The molecule has 19 heavy (non-hydrogen) atoms. The van der Waals surface area contributed by atoms with Gasteiger partial charge in [-0.3, -0.25) is 0 Å². The minimum Gasteiger partial charge on any atom is -0.493 e. The normalized spacial score (nSPS) is 17.7. The van der Waals surface area contributed by atoms with E-state index in [2.05, 4.69) is 0 Å². The van der Waals surface area contributed by atoms with Gasteiger partial charge in [0.1, 0.15) is 5.75 Å². The summed E-state index contributed by atoms with van der Waals surface area (Å²) in [5, 5.41) is 18.4. The Hall–Kier alpha value is -1.57. The Morgan fingerprint density at radius 3 is 2.95 bits per heavy atom. The largest absolute Gasteiger partial charge is 0.493 e. The number of rotatable bonds is 5. The first-order valence-corrected chi connectivity index (χ1v) is 6.65. The van der Waals surface area contributed by atoms with Crippen molar-refractivity contribution in [2.24, 2.45) is 5.92 Å². The van der Waals surface area contributed by atoms with E-state index in [0.717, 1.165) is 37.4 Å². The maximum Gasteiger partial charge on any atom is 0.119 e. The molecule has 2 rings (SSSR count). The lowest BCUT2D eigenvalue weighted by molar-refractivity contribution is 0.0497. The van der Waals surface area contributed by atoms with Gasteiger partial charge in [0.15, 0.2) is 0 Å². The van der Waals surface area contributed by atoms with Gasteiger partial charge in [-0.25, -0.2) is 0 Å². The van der Waals surface area contributed by atoms with Gasteiger partial charge in [-0.2, -0.15) is 5.26 Å². The van der Waals surface area contributed by atoms with Crippen LogP contribution in [0.5, 0.6) is 5.75 Å². The van der Waals surface area contributed by atoms with Crippen LogP contribution < -0.4 is 4.74 Å². The quantitative estimate of drug-likeness (QED) is 0.884. The molecule has 0 aromatic heterocycles. The van der Waals surface area contributed by atoms with Crippen LogP contribution in [0.25, 0.3) is 0 Å². The Balaban J connectivity index is 1.89. The van der Waals surface area contributed by atoms with Crippen LogP contribution in [0.1, 0.15) is 30.9 Å². The molecule has 0 amide bonds. The van der Waals surface area contributed by atoms with Crippen molar-refractivity contribution in [2.75, 3.05) is 19.8 Å². The summed E-state index contributed by atoms with van der Waals surface area (Å²) in [6.07, 6.45) is 1.44. The molecule has 1 saturated heterocycles. The molecule has 1 atom stereocenters. The molecule has 1 N–H and O–H groups in total. The van der Waals surface area contributed by atoms with Gasteiger partial charge in [0, 0.05) is 13.2 Å². The fourth-order valence-electron chi connectivity index (χ4n) is 2.14. The SMILES string of the molecule is N#CC[C@@H](O)c1cccc(OCC2CCOCC2)c1. The third-order valence-corrected chi connectivity index (χ3v) is 3.35. The van der Waals surface area contributed by atoms with Crippen LogP contribution >= 0.6 is 0 Å². The van der Waals surface area contributed by atoms with E-state index in [-0.39, 0.29) is 6.42 Å². The van der Waals surface area contributed by atoms with E-state index in [1.165, 1.54) is 0 Å². The Kier molecular flexibility index (Phi) is 5.20. The number of ether oxygens (including phenoxy) is 2. The molecule has 1 aliphatic rings. The van der Waals surface area contributed by atoms with E-state index in [1.807, 2.05) is 24.3 Å². The van der Waals surface area contributed by atoms with Crippen LogP contribution in [0.4, 0.5) is 0 Å². The molecule has 1 fully saturated rings. The van der Waals surface area contributed by atoms with Crippen LogP contribution in [0.3, 0.4) is 0 Å². The van der Waals surface area contributed by atoms with E-state index in [0.29, 0.717) is 12.5 Å². The number of hydrogen-bond donors (Lipinski definition) is 1. The summed E-state index contributed by atoms with van der Waals surface area (Å²) >= 11 is 0. The molecule has 0 aliphatic carbocycles. The molecule has 1 aliphatic heterocycles. The maximum absolute atomic E-state index is 9.77. The fraction of sp³-hybridized carbons (Fsp3) is 0.533. The first-order chi connectivity index (χ1) is 9.29. The van der Waals surface area contributed by atoms with Gasteiger partial charge in [0.25, 0.3) is 0 Å². The number of nitriles is 1. The van der Waals surface area contributed by atoms with Crippen molar-refractivity contribution >= 4 is 0 Å². The molecule has 0 radical (unpaired) electrons. The molecule has 4 nitrogen and oxygen atoms in total. The van der Waals surface area contributed by atoms with Gasteiger partial charge in [-0.15, -0.1) is 0 Å². The lowest BCUT2D eigenvalue weighted by Gasteiger charge is -2.22. The molecule has 1 aromatic rings. The molecular formula is C15H19NO3. The Bertz CT molecular complexity index is 435. The highest BCUT2D eigenvalue weighted by Gasteiger charge is 2.14. The summed E-state index contributed by atoms with van der Waals surface area (Å²) in [4.78, 5) is 0. The van der Waals surface area contributed by atoms with Crippen LogP contribution in [-0.2, 0) is 4.74 Å². The zero-order chi connectivity index (χ0) is 13.5. The zero-order valence-electron chi connectivity index (χ0n) is 10.9. The summed E-state index contributed by atoms with van der Waals surface area (Å²) in [5.74, 6) is 1.29. The van der Waals surface area contributed by atoms with Crippen LogP contribution in [0, 0.1) is 17.2 Å². The molecular weight excluding hydrogens is 242 g/mol.